The van der Waals surface area contributed by atoms with Crippen LogP contribution in [0.1, 0.15) is 30.5 Å². The van der Waals surface area contributed by atoms with Crippen molar-refractivity contribution in [1.82, 2.24) is 10.2 Å². The molecule has 0 saturated heterocycles. The molecular formula is C35H37ClFN3O4S. The van der Waals surface area contributed by atoms with Gasteiger partial charge in [-0.3, -0.25) is 13.9 Å². The Hall–Kier alpha value is -4.21. The van der Waals surface area contributed by atoms with E-state index in [0.29, 0.717) is 12.1 Å². The molecule has 2 amide bonds. The lowest BCUT2D eigenvalue weighted by atomic mass is 10.0. The molecule has 1 atom stereocenters. The van der Waals surface area contributed by atoms with E-state index in [1.165, 1.54) is 35.2 Å². The number of anilines is 1. The number of hydrogen-bond donors (Lipinski definition) is 1. The van der Waals surface area contributed by atoms with E-state index in [-0.39, 0.29) is 40.1 Å². The average molecular weight is 650 g/mol. The van der Waals surface area contributed by atoms with Crippen LogP contribution < -0.4 is 9.62 Å². The number of hydrogen-bond acceptors (Lipinski definition) is 4. The lowest BCUT2D eigenvalue weighted by Gasteiger charge is -2.34. The number of benzene rings is 4. The van der Waals surface area contributed by atoms with Gasteiger partial charge in [-0.2, -0.15) is 0 Å². The van der Waals surface area contributed by atoms with E-state index < -0.39 is 40.2 Å². The van der Waals surface area contributed by atoms with E-state index in [0.717, 1.165) is 9.87 Å². The fourth-order valence-corrected chi connectivity index (χ4v) is 6.53. The van der Waals surface area contributed by atoms with Crippen molar-refractivity contribution in [2.75, 3.05) is 17.4 Å². The van der Waals surface area contributed by atoms with Crippen LogP contribution in [0.15, 0.2) is 108 Å². The molecule has 4 aromatic carbocycles. The Bertz CT molecular complexity index is 1720. The number of carbonyl (C=O) groups is 2. The van der Waals surface area contributed by atoms with Gasteiger partial charge in [0, 0.05) is 30.1 Å². The predicted molar refractivity (Wildman–Crippen MR) is 176 cm³/mol. The van der Waals surface area contributed by atoms with Crippen molar-refractivity contribution < 1.29 is 22.4 Å². The first kappa shape index (κ1) is 33.7. The zero-order chi connectivity index (χ0) is 32.6. The van der Waals surface area contributed by atoms with E-state index in [1.54, 1.807) is 49.4 Å². The van der Waals surface area contributed by atoms with E-state index in [2.05, 4.69) is 5.32 Å². The summed E-state index contributed by atoms with van der Waals surface area (Å²) in [5.41, 5.74) is 1.77. The highest BCUT2D eigenvalue weighted by molar-refractivity contribution is 7.92. The third kappa shape index (κ3) is 8.71. The molecule has 45 heavy (non-hydrogen) atoms. The minimum absolute atomic E-state index is 0.0201. The normalized spacial score (nSPS) is 12.0. The molecule has 0 aliphatic rings. The van der Waals surface area contributed by atoms with Crippen LogP contribution in [0.5, 0.6) is 0 Å². The molecule has 0 fully saturated rings. The fraction of sp³-hybridized carbons (Fsp3) is 0.257. The van der Waals surface area contributed by atoms with Gasteiger partial charge in [-0.15, -0.1) is 0 Å². The number of rotatable bonds is 13. The molecule has 0 unspecified atom stereocenters. The molecule has 0 aliphatic heterocycles. The summed E-state index contributed by atoms with van der Waals surface area (Å²) in [5.74, 6) is -1.51. The lowest BCUT2D eigenvalue weighted by molar-refractivity contribution is -0.140. The van der Waals surface area contributed by atoms with Crippen molar-refractivity contribution in [3.63, 3.8) is 0 Å². The maximum absolute atomic E-state index is 15.0. The van der Waals surface area contributed by atoms with Crippen LogP contribution in [-0.4, -0.2) is 44.3 Å². The number of aryl methyl sites for hydroxylation is 1. The smallest absolute Gasteiger partial charge is 0.264 e. The van der Waals surface area contributed by atoms with Crippen molar-refractivity contribution in [3.05, 3.63) is 131 Å². The Morgan fingerprint density at radius 3 is 2.16 bits per heavy atom. The highest BCUT2D eigenvalue weighted by atomic mass is 35.5. The molecule has 4 rings (SSSR count). The van der Waals surface area contributed by atoms with Crippen molar-refractivity contribution >= 4 is 39.1 Å². The van der Waals surface area contributed by atoms with Gasteiger partial charge in [0.2, 0.25) is 11.8 Å². The summed E-state index contributed by atoms with van der Waals surface area (Å²) in [6.45, 7) is 5.07. The van der Waals surface area contributed by atoms with Gasteiger partial charge >= 0.3 is 0 Å². The molecule has 0 radical (unpaired) electrons. The first-order valence-corrected chi connectivity index (χ1v) is 16.5. The van der Waals surface area contributed by atoms with Crippen LogP contribution in [0.4, 0.5) is 10.1 Å². The number of nitrogens with one attached hydrogen (secondary N) is 1. The molecule has 0 heterocycles. The molecule has 4 aromatic rings. The molecule has 0 saturated carbocycles. The van der Waals surface area contributed by atoms with Gasteiger partial charge in [-0.25, -0.2) is 12.8 Å². The molecule has 0 bridgehead atoms. The number of amides is 2. The maximum Gasteiger partial charge on any atom is 0.264 e. The van der Waals surface area contributed by atoms with Gasteiger partial charge in [-0.1, -0.05) is 98.2 Å². The second-order valence-corrected chi connectivity index (χ2v) is 13.5. The van der Waals surface area contributed by atoms with Crippen molar-refractivity contribution in [3.8, 4) is 0 Å². The van der Waals surface area contributed by atoms with Crippen molar-refractivity contribution in [2.45, 2.75) is 44.7 Å². The largest absolute Gasteiger partial charge is 0.354 e. The maximum atomic E-state index is 15.0. The van der Waals surface area contributed by atoms with Crippen molar-refractivity contribution in [1.29, 1.82) is 0 Å². The Kier molecular flexibility index (Phi) is 11.4. The van der Waals surface area contributed by atoms with Gasteiger partial charge in [-0.05, 0) is 54.3 Å². The summed E-state index contributed by atoms with van der Waals surface area (Å²) in [5, 5.41) is 3.21. The monoisotopic (exact) mass is 649 g/mol. The second-order valence-electron chi connectivity index (χ2n) is 11.2. The van der Waals surface area contributed by atoms with Gasteiger partial charge in [0.25, 0.3) is 10.0 Å². The highest BCUT2D eigenvalue weighted by Gasteiger charge is 2.35. The topological polar surface area (TPSA) is 86.8 Å². The third-order valence-electron chi connectivity index (χ3n) is 7.30. The highest BCUT2D eigenvalue weighted by Crippen LogP contribution is 2.30. The predicted octanol–water partition coefficient (Wildman–Crippen LogP) is 6.40. The minimum Gasteiger partial charge on any atom is -0.354 e. The third-order valence-corrected chi connectivity index (χ3v) is 9.31. The standard InChI is InChI=1S/C35H37ClFN3O4S/c1-25(2)22-38-35(42)33(20-27-12-6-4-7-13-27)39(23-28-14-10-11-17-31(28)37)34(41)24-40(32-21-29(36)19-18-26(32)3)45(43,44)30-15-8-5-9-16-30/h4-19,21,25,33H,20,22-24H2,1-3H3,(H,38,42)/t33-/m0/s1. The van der Waals surface area contributed by atoms with E-state index in [9.17, 15) is 18.0 Å². The number of halogens is 2. The molecule has 236 valence electrons. The lowest BCUT2D eigenvalue weighted by Crippen LogP contribution is -2.54. The summed E-state index contributed by atoms with van der Waals surface area (Å²) in [6, 6.07) is 26.7. The molecular weight excluding hydrogens is 613 g/mol. The molecule has 10 heteroatoms. The summed E-state index contributed by atoms with van der Waals surface area (Å²) in [6.07, 6.45) is 0.132. The quantitative estimate of drug-likeness (QED) is 0.182. The minimum atomic E-state index is -4.28. The molecule has 7 nitrogen and oxygen atoms in total. The van der Waals surface area contributed by atoms with Crippen LogP contribution in [0, 0.1) is 18.7 Å². The number of carbonyl (C=O) groups excluding carboxylic acids is 2. The average Bonchev–Trinajstić information content (AvgIpc) is 3.03. The van der Waals surface area contributed by atoms with Crippen LogP contribution >= 0.6 is 11.6 Å². The van der Waals surface area contributed by atoms with Crippen LogP contribution in [0.25, 0.3) is 0 Å². The Balaban J connectivity index is 1.83. The van der Waals surface area contributed by atoms with Gasteiger partial charge in [0.05, 0.1) is 10.6 Å². The zero-order valence-electron chi connectivity index (χ0n) is 25.5. The van der Waals surface area contributed by atoms with Gasteiger partial charge in [0.15, 0.2) is 0 Å². The molecule has 0 aromatic heterocycles. The summed E-state index contributed by atoms with van der Waals surface area (Å²) >= 11 is 6.31. The van der Waals surface area contributed by atoms with Crippen LogP contribution in [0.2, 0.25) is 5.02 Å². The molecule has 0 aliphatic carbocycles. The van der Waals surface area contributed by atoms with Gasteiger partial charge < -0.3 is 10.2 Å². The van der Waals surface area contributed by atoms with Crippen molar-refractivity contribution in [2.24, 2.45) is 5.92 Å². The Labute approximate surface area is 269 Å². The van der Waals surface area contributed by atoms with Gasteiger partial charge in [0.1, 0.15) is 18.4 Å². The van der Waals surface area contributed by atoms with Crippen LogP contribution in [-0.2, 0) is 32.6 Å². The molecule has 1 N–H and O–H groups in total. The fourth-order valence-electron chi connectivity index (χ4n) is 4.87. The first-order valence-electron chi connectivity index (χ1n) is 14.7. The zero-order valence-corrected chi connectivity index (χ0v) is 27.1. The SMILES string of the molecule is Cc1ccc(Cl)cc1N(CC(=O)N(Cc1ccccc1F)[C@@H](Cc1ccccc1)C(=O)NCC(C)C)S(=O)(=O)c1ccccc1. The number of nitrogens with zero attached hydrogens (tertiary/aromatic N) is 2. The Morgan fingerprint density at radius 2 is 1.51 bits per heavy atom. The summed E-state index contributed by atoms with van der Waals surface area (Å²) in [7, 11) is -4.28. The van der Waals surface area contributed by atoms with E-state index in [1.807, 2.05) is 44.2 Å². The second kappa shape index (κ2) is 15.2. The summed E-state index contributed by atoms with van der Waals surface area (Å²) < 4.78 is 44.3. The first-order chi connectivity index (χ1) is 21.5. The van der Waals surface area contributed by atoms with Crippen LogP contribution in [0.3, 0.4) is 0 Å². The summed E-state index contributed by atoms with van der Waals surface area (Å²) in [4.78, 5) is 29.5. The van der Waals surface area contributed by atoms with E-state index >= 15 is 4.39 Å². The number of sulfonamides is 1. The Morgan fingerprint density at radius 1 is 0.889 bits per heavy atom. The van der Waals surface area contributed by atoms with E-state index in [4.69, 9.17) is 11.6 Å². The molecule has 0 spiro atoms.